The number of benzene rings is 1. The maximum atomic E-state index is 4.29. The quantitative estimate of drug-likeness (QED) is 0.633. The van der Waals surface area contributed by atoms with Gasteiger partial charge in [0, 0.05) is 7.05 Å². The van der Waals surface area contributed by atoms with Crippen molar-refractivity contribution in [2.45, 2.75) is 26.8 Å². The Labute approximate surface area is 86.1 Å². The summed E-state index contributed by atoms with van der Waals surface area (Å²) in [5.74, 6) is 0. The summed E-state index contributed by atoms with van der Waals surface area (Å²) in [5.41, 5.74) is 1.34. The van der Waals surface area contributed by atoms with Crippen LogP contribution in [-0.4, -0.2) is 7.05 Å². The SMILES string of the molecule is CN=NC(c1ccccc1)C(C)(C)C. The molecule has 0 heterocycles. The number of azo groups is 1. The van der Waals surface area contributed by atoms with Gasteiger partial charge in [-0.15, -0.1) is 0 Å². The molecule has 0 aliphatic rings. The highest BCUT2D eigenvalue weighted by Gasteiger charge is 2.25. The normalized spacial score (nSPS) is 14.6. The van der Waals surface area contributed by atoms with E-state index in [0.29, 0.717) is 0 Å². The molecule has 0 saturated carbocycles. The molecule has 0 fully saturated rings. The van der Waals surface area contributed by atoms with Crippen molar-refractivity contribution >= 4 is 0 Å². The average molecular weight is 190 g/mol. The van der Waals surface area contributed by atoms with Gasteiger partial charge in [0.2, 0.25) is 0 Å². The van der Waals surface area contributed by atoms with Crippen molar-refractivity contribution in [2.75, 3.05) is 7.05 Å². The molecule has 0 spiro atoms. The minimum absolute atomic E-state index is 0.112. The molecular weight excluding hydrogens is 172 g/mol. The Hall–Kier alpha value is -1.18. The third-order valence-electron chi connectivity index (χ3n) is 2.17. The van der Waals surface area contributed by atoms with Crippen LogP contribution in [0.25, 0.3) is 0 Å². The van der Waals surface area contributed by atoms with E-state index in [1.165, 1.54) is 5.56 Å². The van der Waals surface area contributed by atoms with Crippen molar-refractivity contribution in [3.8, 4) is 0 Å². The van der Waals surface area contributed by atoms with Crippen LogP contribution in [0, 0.1) is 5.41 Å². The maximum Gasteiger partial charge on any atom is 0.101 e. The Balaban J connectivity index is 3.01. The molecule has 2 nitrogen and oxygen atoms in total. The molecule has 2 heteroatoms. The van der Waals surface area contributed by atoms with Gasteiger partial charge in [0.15, 0.2) is 0 Å². The van der Waals surface area contributed by atoms with Crippen molar-refractivity contribution < 1.29 is 0 Å². The minimum Gasteiger partial charge on any atom is -0.197 e. The van der Waals surface area contributed by atoms with Crippen molar-refractivity contribution in [2.24, 2.45) is 15.6 Å². The highest BCUT2D eigenvalue weighted by atomic mass is 15.1. The van der Waals surface area contributed by atoms with Crippen molar-refractivity contribution in [3.63, 3.8) is 0 Å². The van der Waals surface area contributed by atoms with Crippen LogP contribution in [0.4, 0.5) is 0 Å². The van der Waals surface area contributed by atoms with Gasteiger partial charge in [-0.1, -0.05) is 51.1 Å². The smallest absolute Gasteiger partial charge is 0.101 e. The second-order valence-corrected chi connectivity index (χ2v) is 4.49. The van der Waals surface area contributed by atoms with E-state index >= 15 is 0 Å². The van der Waals surface area contributed by atoms with Gasteiger partial charge in [-0.05, 0) is 11.0 Å². The lowest BCUT2D eigenvalue weighted by Gasteiger charge is -2.26. The van der Waals surface area contributed by atoms with Crippen LogP contribution in [0.15, 0.2) is 40.6 Å². The zero-order valence-corrected chi connectivity index (χ0v) is 9.36. The van der Waals surface area contributed by atoms with Gasteiger partial charge in [0.25, 0.3) is 0 Å². The largest absolute Gasteiger partial charge is 0.197 e. The van der Waals surface area contributed by atoms with E-state index in [0.717, 1.165) is 0 Å². The highest BCUT2D eigenvalue weighted by molar-refractivity contribution is 5.20. The molecule has 0 bridgehead atoms. The second-order valence-electron chi connectivity index (χ2n) is 4.49. The summed E-state index contributed by atoms with van der Waals surface area (Å²) in [6.45, 7) is 6.54. The summed E-state index contributed by atoms with van der Waals surface area (Å²) in [4.78, 5) is 0. The van der Waals surface area contributed by atoms with Crippen LogP contribution < -0.4 is 0 Å². The third-order valence-corrected chi connectivity index (χ3v) is 2.17. The lowest BCUT2D eigenvalue weighted by Crippen LogP contribution is -2.16. The van der Waals surface area contributed by atoms with Gasteiger partial charge in [0.05, 0.1) is 0 Å². The zero-order chi connectivity index (χ0) is 10.6. The van der Waals surface area contributed by atoms with E-state index in [-0.39, 0.29) is 11.5 Å². The van der Waals surface area contributed by atoms with E-state index < -0.39 is 0 Å². The first-order valence-electron chi connectivity index (χ1n) is 4.89. The molecule has 1 aromatic rings. The average Bonchev–Trinajstić information content (AvgIpc) is 2.14. The highest BCUT2D eigenvalue weighted by Crippen LogP contribution is 2.35. The monoisotopic (exact) mass is 190 g/mol. The predicted molar refractivity (Wildman–Crippen MR) is 59.4 cm³/mol. The van der Waals surface area contributed by atoms with Crippen LogP contribution in [0.3, 0.4) is 0 Å². The molecule has 0 aliphatic carbocycles. The summed E-state index contributed by atoms with van der Waals surface area (Å²) < 4.78 is 0. The third kappa shape index (κ3) is 2.66. The second kappa shape index (κ2) is 4.36. The van der Waals surface area contributed by atoms with Gasteiger partial charge in [-0.25, -0.2) is 0 Å². The van der Waals surface area contributed by atoms with E-state index in [4.69, 9.17) is 0 Å². The van der Waals surface area contributed by atoms with Crippen molar-refractivity contribution in [1.29, 1.82) is 0 Å². The molecule has 0 amide bonds. The summed E-state index contributed by atoms with van der Waals surface area (Å²) in [5, 5.41) is 8.19. The van der Waals surface area contributed by atoms with Crippen LogP contribution in [0.1, 0.15) is 32.4 Å². The Morgan fingerprint density at radius 2 is 1.64 bits per heavy atom. The number of nitrogens with zero attached hydrogens (tertiary/aromatic N) is 2. The summed E-state index contributed by atoms with van der Waals surface area (Å²) in [6.07, 6.45) is 0. The molecule has 1 aromatic carbocycles. The van der Waals surface area contributed by atoms with Gasteiger partial charge in [-0.2, -0.15) is 10.2 Å². The molecule has 14 heavy (non-hydrogen) atoms. The first kappa shape index (κ1) is 10.9. The molecule has 0 aromatic heterocycles. The Morgan fingerprint density at radius 1 is 1.07 bits per heavy atom. The first-order valence-corrected chi connectivity index (χ1v) is 4.89. The first-order chi connectivity index (χ1) is 6.55. The van der Waals surface area contributed by atoms with Gasteiger partial charge < -0.3 is 0 Å². The number of hydrogen-bond donors (Lipinski definition) is 0. The van der Waals surface area contributed by atoms with Gasteiger partial charge in [0.1, 0.15) is 6.04 Å². The summed E-state index contributed by atoms with van der Waals surface area (Å²) >= 11 is 0. The predicted octanol–water partition coefficient (Wildman–Crippen LogP) is 3.86. The number of hydrogen-bond acceptors (Lipinski definition) is 2. The molecule has 1 unspecified atom stereocenters. The molecule has 1 atom stereocenters. The molecule has 0 radical (unpaired) electrons. The van der Waals surface area contributed by atoms with E-state index in [2.05, 4.69) is 43.1 Å². The van der Waals surface area contributed by atoms with Crippen molar-refractivity contribution in [3.05, 3.63) is 35.9 Å². The fourth-order valence-electron chi connectivity index (χ4n) is 1.49. The van der Waals surface area contributed by atoms with Crippen LogP contribution >= 0.6 is 0 Å². The van der Waals surface area contributed by atoms with E-state index in [1.54, 1.807) is 7.05 Å². The van der Waals surface area contributed by atoms with Crippen LogP contribution in [0.5, 0.6) is 0 Å². The molecule has 0 N–H and O–H groups in total. The standard InChI is InChI=1S/C12H18N2/c1-12(2,3)11(14-13-4)10-8-6-5-7-9-10/h5-9,11H,1-4H3. The number of rotatable bonds is 2. The Morgan fingerprint density at radius 3 is 2.07 bits per heavy atom. The lowest BCUT2D eigenvalue weighted by atomic mass is 9.83. The minimum atomic E-state index is 0.112. The summed E-state index contributed by atoms with van der Waals surface area (Å²) in [7, 11) is 1.72. The van der Waals surface area contributed by atoms with Crippen molar-refractivity contribution in [1.82, 2.24) is 0 Å². The van der Waals surface area contributed by atoms with Gasteiger partial charge in [-0.3, -0.25) is 0 Å². The fraction of sp³-hybridized carbons (Fsp3) is 0.500. The van der Waals surface area contributed by atoms with Gasteiger partial charge >= 0.3 is 0 Å². The molecule has 0 saturated heterocycles. The Kier molecular flexibility index (Phi) is 3.39. The fourth-order valence-corrected chi connectivity index (χ4v) is 1.49. The Bertz CT molecular complexity index is 296. The van der Waals surface area contributed by atoms with Crippen LogP contribution in [0.2, 0.25) is 0 Å². The molecular formula is C12H18N2. The zero-order valence-electron chi connectivity index (χ0n) is 9.36. The molecule has 76 valence electrons. The maximum absolute atomic E-state index is 4.29. The van der Waals surface area contributed by atoms with E-state index in [1.807, 2.05) is 18.2 Å². The lowest BCUT2D eigenvalue weighted by molar-refractivity contribution is 0.319. The van der Waals surface area contributed by atoms with E-state index in [9.17, 15) is 0 Å². The topological polar surface area (TPSA) is 24.7 Å². The summed E-state index contributed by atoms with van der Waals surface area (Å²) in [6, 6.07) is 10.5. The molecule has 1 rings (SSSR count). The molecule has 0 aliphatic heterocycles. The van der Waals surface area contributed by atoms with Crippen LogP contribution in [-0.2, 0) is 0 Å².